The third-order valence-corrected chi connectivity index (χ3v) is 6.24. The first-order chi connectivity index (χ1) is 14.8. The highest BCUT2D eigenvalue weighted by atomic mass is 16.7. The molecule has 160 valence electrons. The Bertz CT molecular complexity index is 978. The highest BCUT2D eigenvalue weighted by Crippen LogP contribution is 2.34. The molecule has 0 aromatic carbocycles. The summed E-state index contributed by atoms with van der Waals surface area (Å²) in [4.78, 5) is 4.58. The summed E-state index contributed by atoms with van der Waals surface area (Å²) in [5.74, 6) is 1.60. The Hall–Kier alpha value is -2.45. The molecule has 0 spiro atoms. The number of anilines is 1. The van der Waals surface area contributed by atoms with E-state index < -0.39 is 0 Å². The summed E-state index contributed by atoms with van der Waals surface area (Å²) < 4.78 is 18.9. The van der Waals surface area contributed by atoms with E-state index >= 15 is 0 Å². The average molecular weight is 412 g/mol. The number of ether oxygens (including phenoxy) is 2. The van der Waals surface area contributed by atoms with Gasteiger partial charge in [-0.05, 0) is 50.2 Å². The SMILES string of the molecule is CC1CCCC[C@H]1Nc1c(-c2nc(CO[C@H]3CCCCO3)no2)cnn2cccc12. The fraction of sp³-hybridized carbons (Fsp3) is 0.591. The van der Waals surface area contributed by atoms with Gasteiger partial charge in [0.1, 0.15) is 6.61 Å². The van der Waals surface area contributed by atoms with E-state index in [9.17, 15) is 0 Å². The molecule has 30 heavy (non-hydrogen) atoms. The van der Waals surface area contributed by atoms with Crippen LogP contribution in [-0.4, -0.2) is 38.7 Å². The minimum absolute atomic E-state index is 0.176. The van der Waals surface area contributed by atoms with Crippen LogP contribution in [0.1, 0.15) is 57.7 Å². The maximum atomic E-state index is 5.80. The summed E-state index contributed by atoms with van der Waals surface area (Å²) in [6.07, 6.45) is 11.7. The van der Waals surface area contributed by atoms with Gasteiger partial charge in [-0.2, -0.15) is 10.1 Å². The fourth-order valence-electron chi connectivity index (χ4n) is 4.46. The van der Waals surface area contributed by atoms with Crippen LogP contribution in [0.3, 0.4) is 0 Å². The van der Waals surface area contributed by atoms with E-state index in [1.807, 2.05) is 16.8 Å². The summed E-state index contributed by atoms with van der Waals surface area (Å²) in [5, 5.41) is 12.4. The van der Waals surface area contributed by atoms with Crippen LogP contribution < -0.4 is 5.32 Å². The topological polar surface area (TPSA) is 86.7 Å². The molecular weight excluding hydrogens is 382 g/mol. The van der Waals surface area contributed by atoms with Crippen molar-refractivity contribution >= 4 is 11.2 Å². The molecule has 8 nitrogen and oxygen atoms in total. The summed E-state index contributed by atoms with van der Waals surface area (Å²) in [7, 11) is 0. The Morgan fingerprint density at radius 2 is 2.10 bits per heavy atom. The van der Waals surface area contributed by atoms with Gasteiger partial charge in [0.2, 0.25) is 0 Å². The molecule has 5 rings (SSSR count). The van der Waals surface area contributed by atoms with Gasteiger partial charge in [0.15, 0.2) is 12.1 Å². The Labute approximate surface area is 175 Å². The molecule has 4 heterocycles. The third-order valence-electron chi connectivity index (χ3n) is 6.24. The summed E-state index contributed by atoms with van der Waals surface area (Å²) in [6, 6.07) is 4.49. The van der Waals surface area contributed by atoms with Gasteiger partial charge in [-0.15, -0.1) is 0 Å². The highest BCUT2D eigenvalue weighted by molar-refractivity contribution is 5.85. The second-order valence-corrected chi connectivity index (χ2v) is 8.41. The summed E-state index contributed by atoms with van der Waals surface area (Å²) in [6.45, 7) is 3.35. The van der Waals surface area contributed by atoms with Crippen LogP contribution in [0.15, 0.2) is 29.0 Å². The van der Waals surface area contributed by atoms with Gasteiger partial charge in [0.25, 0.3) is 5.89 Å². The summed E-state index contributed by atoms with van der Waals surface area (Å²) >= 11 is 0. The van der Waals surface area contributed by atoms with Gasteiger partial charge < -0.3 is 19.3 Å². The highest BCUT2D eigenvalue weighted by Gasteiger charge is 2.25. The van der Waals surface area contributed by atoms with E-state index in [0.717, 1.165) is 42.6 Å². The molecule has 3 aromatic heterocycles. The zero-order chi connectivity index (χ0) is 20.3. The van der Waals surface area contributed by atoms with Gasteiger partial charge in [-0.1, -0.05) is 24.9 Å². The third kappa shape index (κ3) is 4.06. The molecule has 1 saturated heterocycles. The van der Waals surface area contributed by atoms with E-state index in [1.54, 1.807) is 6.20 Å². The van der Waals surface area contributed by atoms with Gasteiger partial charge in [0.05, 0.1) is 23.0 Å². The van der Waals surface area contributed by atoms with Crippen molar-refractivity contribution in [3.05, 3.63) is 30.4 Å². The molecule has 1 aliphatic carbocycles. The maximum absolute atomic E-state index is 5.80. The number of aromatic nitrogens is 4. The normalized spacial score (nSPS) is 24.9. The number of hydrogen-bond acceptors (Lipinski definition) is 7. The molecule has 1 unspecified atom stereocenters. The molecule has 0 amide bonds. The van der Waals surface area contributed by atoms with Crippen molar-refractivity contribution in [2.75, 3.05) is 11.9 Å². The first-order valence-electron chi connectivity index (χ1n) is 11.1. The van der Waals surface area contributed by atoms with Crippen LogP contribution in [0.2, 0.25) is 0 Å². The number of nitrogens with one attached hydrogen (secondary N) is 1. The van der Waals surface area contributed by atoms with E-state index in [4.69, 9.17) is 14.0 Å². The molecule has 2 aliphatic rings. The first kappa shape index (κ1) is 19.5. The van der Waals surface area contributed by atoms with Gasteiger partial charge in [-0.3, -0.25) is 0 Å². The monoisotopic (exact) mass is 411 g/mol. The predicted molar refractivity (Wildman–Crippen MR) is 112 cm³/mol. The second kappa shape index (κ2) is 8.73. The van der Waals surface area contributed by atoms with Crippen LogP contribution >= 0.6 is 0 Å². The van der Waals surface area contributed by atoms with Crippen LogP contribution in [0.4, 0.5) is 5.69 Å². The zero-order valence-corrected chi connectivity index (χ0v) is 17.4. The maximum Gasteiger partial charge on any atom is 0.261 e. The average Bonchev–Trinajstić information content (AvgIpc) is 3.44. The lowest BCUT2D eigenvalue weighted by atomic mass is 9.85. The lowest BCUT2D eigenvalue weighted by Crippen LogP contribution is -2.30. The number of hydrogen-bond donors (Lipinski definition) is 1. The van der Waals surface area contributed by atoms with E-state index in [0.29, 0.717) is 23.7 Å². The van der Waals surface area contributed by atoms with Crippen molar-refractivity contribution in [1.82, 2.24) is 19.8 Å². The largest absolute Gasteiger partial charge is 0.380 e. The molecule has 1 aliphatic heterocycles. The van der Waals surface area contributed by atoms with Crippen molar-refractivity contribution in [3.8, 4) is 11.5 Å². The number of fused-ring (bicyclic) bond motifs is 1. The van der Waals surface area contributed by atoms with Crippen molar-refractivity contribution in [2.24, 2.45) is 5.92 Å². The Morgan fingerprint density at radius 3 is 2.97 bits per heavy atom. The minimum atomic E-state index is -0.176. The number of nitrogens with zero attached hydrogens (tertiary/aromatic N) is 4. The Balaban J connectivity index is 1.39. The van der Waals surface area contributed by atoms with Gasteiger partial charge in [0, 0.05) is 18.8 Å². The van der Waals surface area contributed by atoms with Crippen molar-refractivity contribution in [1.29, 1.82) is 0 Å². The van der Waals surface area contributed by atoms with Crippen LogP contribution in [0.25, 0.3) is 17.0 Å². The van der Waals surface area contributed by atoms with Crippen LogP contribution in [0.5, 0.6) is 0 Å². The van der Waals surface area contributed by atoms with Crippen LogP contribution in [0, 0.1) is 5.92 Å². The van der Waals surface area contributed by atoms with Gasteiger partial charge in [-0.25, -0.2) is 4.52 Å². The molecular formula is C22H29N5O3. The quantitative estimate of drug-likeness (QED) is 0.642. The predicted octanol–water partition coefficient (Wildman–Crippen LogP) is 4.42. The lowest BCUT2D eigenvalue weighted by molar-refractivity contribution is -0.170. The van der Waals surface area contributed by atoms with Crippen LogP contribution in [-0.2, 0) is 16.1 Å². The zero-order valence-electron chi connectivity index (χ0n) is 17.4. The molecule has 8 heteroatoms. The Morgan fingerprint density at radius 1 is 1.20 bits per heavy atom. The standard InChI is InChI=1S/C22H29N5O3/c1-15-7-2-3-8-17(15)24-21-16(13-23-27-11-6-9-18(21)27)22-25-19(26-30-22)14-29-20-10-4-5-12-28-20/h6,9,11,13,15,17,20,24H,2-5,7-8,10,12,14H2,1H3/t15?,17-,20+/m1/s1. The number of rotatable bonds is 6. The molecule has 0 radical (unpaired) electrons. The van der Waals surface area contributed by atoms with E-state index in [-0.39, 0.29) is 12.9 Å². The first-order valence-corrected chi connectivity index (χ1v) is 11.1. The lowest BCUT2D eigenvalue weighted by Gasteiger charge is -2.31. The molecule has 1 saturated carbocycles. The minimum Gasteiger partial charge on any atom is -0.380 e. The van der Waals surface area contributed by atoms with Crippen molar-refractivity contribution in [2.45, 2.75) is 70.8 Å². The Kier molecular flexibility index (Phi) is 5.68. The van der Waals surface area contributed by atoms with Crippen molar-refractivity contribution < 1.29 is 14.0 Å². The van der Waals surface area contributed by atoms with E-state index in [1.165, 1.54) is 25.7 Å². The van der Waals surface area contributed by atoms with Crippen molar-refractivity contribution in [3.63, 3.8) is 0 Å². The second-order valence-electron chi connectivity index (χ2n) is 8.41. The molecule has 2 fully saturated rings. The molecule has 3 atom stereocenters. The fourth-order valence-corrected chi connectivity index (χ4v) is 4.46. The molecule has 1 N–H and O–H groups in total. The molecule has 0 bridgehead atoms. The summed E-state index contributed by atoms with van der Waals surface area (Å²) in [5.41, 5.74) is 2.84. The molecule has 3 aromatic rings. The van der Waals surface area contributed by atoms with E-state index in [2.05, 4.69) is 33.5 Å². The smallest absolute Gasteiger partial charge is 0.261 e. The van der Waals surface area contributed by atoms with Gasteiger partial charge >= 0.3 is 0 Å².